The van der Waals surface area contributed by atoms with Crippen molar-refractivity contribution in [1.29, 1.82) is 0 Å². The number of fused-ring (bicyclic) bond motifs is 2. The maximum atomic E-state index is 12.0. The number of oxime groups is 1. The lowest BCUT2D eigenvalue weighted by atomic mass is 9.70. The standard InChI is InChI=1S/C20H28N4O2/c1-19(2)15-9-10-20(19,3)16(12-15)22-23-18(25)13-26-24-17(21)11-14-7-5-4-6-8-14/h4-8,15H,9-13H2,1-3H3,(H2,21,24)(H,23,25)/b22-16-. The monoisotopic (exact) mass is 356 g/mol. The molecule has 140 valence electrons. The number of benzene rings is 1. The van der Waals surface area contributed by atoms with Crippen molar-refractivity contribution in [3.05, 3.63) is 35.9 Å². The summed E-state index contributed by atoms with van der Waals surface area (Å²) in [4.78, 5) is 17.0. The maximum Gasteiger partial charge on any atom is 0.280 e. The molecule has 0 saturated heterocycles. The molecule has 1 aromatic carbocycles. The number of hydrazone groups is 1. The number of hydrogen-bond acceptors (Lipinski definition) is 4. The Bertz CT molecular complexity index is 727. The normalized spacial score (nSPS) is 28.3. The number of nitrogens with two attached hydrogens (primary N) is 1. The second-order valence-corrected chi connectivity index (χ2v) is 8.11. The number of hydrogen-bond donors (Lipinski definition) is 2. The molecule has 0 aromatic heterocycles. The van der Waals surface area contributed by atoms with Gasteiger partial charge in [-0.3, -0.25) is 4.79 Å². The van der Waals surface area contributed by atoms with E-state index >= 15 is 0 Å². The molecule has 1 aromatic rings. The molecule has 2 aliphatic carbocycles. The van der Waals surface area contributed by atoms with Crippen molar-refractivity contribution in [2.75, 3.05) is 6.61 Å². The average molecular weight is 356 g/mol. The highest BCUT2D eigenvalue weighted by molar-refractivity contribution is 5.95. The fourth-order valence-corrected chi connectivity index (χ4v) is 4.27. The third-order valence-corrected chi connectivity index (χ3v) is 6.43. The van der Waals surface area contributed by atoms with Gasteiger partial charge in [0, 0.05) is 17.5 Å². The van der Waals surface area contributed by atoms with Gasteiger partial charge < -0.3 is 10.6 Å². The average Bonchev–Trinajstić information content (AvgIpc) is 2.94. The summed E-state index contributed by atoms with van der Waals surface area (Å²) in [6, 6.07) is 9.74. The minimum atomic E-state index is -0.321. The van der Waals surface area contributed by atoms with Crippen LogP contribution < -0.4 is 11.2 Å². The van der Waals surface area contributed by atoms with Crippen molar-refractivity contribution < 1.29 is 9.63 Å². The molecule has 2 fully saturated rings. The van der Waals surface area contributed by atoms with E-state index in [1.54, 1.807) is 0 Å². The van der Waals surface area contributed by atoms with Crippen molar-refractivity contribution in [3.8, 4) is 0 Å². The van der Waals surface area contributed by atoms with Crippen LogP contribution in [0.4, 0.5) is 0 Å². The molecule has 6 heteroatoms. The molecule has 2 aliphatic rings. The molecule has 3 N–H and O–H groups in total. The van der Waals surface area contributed by atoms with Gasteiger partial charge >= 0.3 is 0 Å². The van der Waals surface area contributed by atoms with Gasteiger partial charge in [0.1, 0.15) is 5.84 Å². The molecule has 3 rings (SSSR count). The highest BCUT2D eigenvalue weighted by Gasteiger charge is 2.59. The number of rotatable bonds is 6. The topological polar surface area (TPSA) is 89.1 Å². The molecule has 2 atom stereocenters. The Labute approximate surface area is 154 Å². The van der Waals surface area contributed by atoms with Gasteiger partial charge in [-0.25, -0.2) is 5.43 Å². The molecule has 1 amide bonds. The summed E-state index contributed by atoms with van der Waals surface area (Å²) < 4.78 is 0. The fraction of sp³-hybridized carbons (Fsp3) is 0.550. The molecule has 26 heavy (non-hydrogen) atoms. The first-order valence-corrected chi connectivity index (χ1v) is 9.17. The van der Waals surface area contributed by atoms with E-state index in [0.29, 0.717) is 18.2 Å². The van der Waals surface area contributed by atoms with Crippen LogP contribution in [0.3, 0.4) is 0 Å². The minimum absolute atomic E-state index is 0.0735. The first-order valence-electron chi connectivity index (χ1n) is 9.17. The van der Waals surface area contributed by atoms with Crippen LogP contribution in [0.1, 0.15) is 45.6 Å². The van der Waals surface area contributed by atoms with Gasteiger partial charge in [-0.1, -0.05) is 56.3 Å². The molecule has 0 spiro atoms. The van der Waals surface area contributed by atoms with E-state index in [-0.39, 0.29) is 23.3 Å². The van der Waals surface area contributed by atoms with E-state index in [1.165, 1.54) is 6.42 Å². The van der Waals surface area contributed by atoms with Crippen LogP contribution in [0.2, 0.25) is 0 Å². The zero-order valence-corrected chi connectivity index (χ0v) is 15.8. The Morgan fingerprint density at radius 2 is 2.04 bits per heavy atom. The fourth-order valence-electron chi connectivity index (χ4n) is 4.27. The van der Waals surface area contributed by atoms with Crippen molar-refractivity contribution in [2.24, 2.45) is 32.7 Å². The number of carbonyl (C=O) groups excluding carboxylic acids is 1. The number of nitrogens with one attached hydrogen (secondary N) is 1. The molecule has 0 heterocycles. The summed E-state index contributed by atoms with van der Waals surface area (Å²) in [5.41, 5.74) is 10.9. The molecule has 2 saturated carbocycles. The van der Waals surface area contributed by atoms with Crippen molar-refractivity contribution >= 4 is 17.5 Å². The molecule has 0 aliphatic heterocycles. The van der Waals surface area contributed by atoms with E-state index in [9.17, 15) is 4.79 Å². The molecule has 2 unspecified atom stereocenters. The molecule has 6 nitrogen and oxygen atoms in total. The van der Waals surface area contributed by atoms with Crippen LogP contribution in [-0.2, 0) is 16.1 Å². The van der Waals surface area contributed by atoms with Crippen LogP contribution >= 0.6 is 0 Å². The third-order valence-electron chi connectivity index (χ3n) is 6.43. The first kappa shape index (κ1) is 18.4. The number of amides is 1. The van der Waals surface area contributed by atoms with Crippen molar-refractivity contribution in [2.45, 2.75) is 46.5 Å². The summed E-state index contributed by atoms with van der Waals surface area (Å²) in [6.45, 7) is 6.68. The Hall–Kier alpha value is -2.37. The number of nitrogens with zero attached hydrogens (tertiary/aromatic N) is 2. The van der Waals surface area contributed by atoms with Gasteiger partial charge in [-0.2, -0.15) is 5.10 Å². The zero-order chi connectivity index (χ0) is 18.8. The molecular formula is C20H28N4O2. The Morgan fingerprint density at radius 1 is 1.31 bits per heavy atom. The van der Waals surface area contributed by atoms with Crippen LogP contribution in [0, 0.1) is 16.7 Å². The summed E-state index contributed by atoms with van der Waals surface area (Å²) in [5, 5.41) is 8.20. The van der Waals surface area contributed by atoms with Crippen molar-refractivity contribution in [1.82, 2.24) is 5.43 Å². The van der Waals surface area contributed by atoms with Gasteiger partial charge in [0.2, 0.25) is 0 Å². The lowest BCUT2D eigenvalue weighted by Crippen LogP contribution is -2.34. The second kappa shape index (κ2) is 7.09. The van der Waals surface area contributed by atoms with Crippen LogP contribution in [-0.4, -0.2) is 24.1 Å². The van der Waals surface area contributed by atoms with E-state index in [4.69, 9.17) is 10.6 Å². The maximum absolute atomic E-state index is 12.0. The third kappa shape index (κ3) is 3.45. The summed E-state index contributed by atoms with van der Waals surface area (Å²) in [5.74, 6) is 0.664. The SMILES string of the molecule is CC12CCC(C/C1=N/NC(=O)CO/N=C(/N)Cc1ccccc1)C2(C)C. The number of carbonyl (C=O) groups is 1. The zero-order valence-electron chi connectivity index (χ0n) is 15.8. The Morgan fingerprint density at radius 3 is 2.65 bits per heavy atom. The van der Waals surface area contributed by atoms with E-state index in [2.05, 4.69) is 36.5 Å². The minimum Gasteiger partial charge on any atom is -0.384 e. The molecule has 0 radical (unpaired) electrons. The quantitative estimate of drug-likeness (QED) is 0.467. The second-order valence-electron chi connectivity index (χ2n) is 8.11. The summed E-state index contributed by atoms with van der Waals surface area (Å²) >= 11 is 0. The van der Waals surface area contributed by atoms with Gasteiger partial charge in [-0.05, 0) is 36.2 Å². The largest absolute Gasteiger partial charge is 0.384 e. The lowest BCUT2D eigenvalue weighted by Gasteiger charge is -2.34. The predicted molar refractivity (Wildman–Crippen MR) is 103 cm³/mol. The highest BCUT2D eigenvalue weighted by Crippen LogP contribution is 2.63. The van der Waals surface area contributed by atoms with Crippen LogP contribution in [0.25, 0.3) is 0 Å². The van der Waals surface area contributed by atoms with Gasteiger partial charge in [0.15, 0.2) is 6.61 Å². The van der Waals surface area contributed by atoms with Gasteiger partial charge in [0.25, 0.3) is 5.91 Å². The van der Waals surface area contributed by atoms with E-state index in [0.717, 1.165) is 24.1 Å². The van der Waals surface area contributed by atoms with Crippen LogP contribution in [0.5, 0.6) is 0 Å². The van der Waals surface area contributed by atoms with Gasteiger partial charge in [0.05, 0.1) is 0 Å². The highest BCUT2D eigenvalue weighted by atomic mass is 16.6. The Balaban J connectivity index is 1.47. The summed E-state index contributed by atoms with van der Waals surface area (Å²) in [7, 11) is 0. The smallest absolute Gasteiger partial charge is 0.280 e. The first-order chi connectivity index (χ1) is 12.3. The van der Waals surface area contributed by atoms with E-state index in [1.807, 2.05) is 30.3 Å². The van der Waals surface area contributed by atoms with Crippen LogP contribution in [0.15, 0.2) is 40.6 Å². The Kier molecular flexibility index (Phi) is 5.03. The molecule has 2 bridgehead atoms. The number of amidine groups is 1. The van der Waals surface area contributed by atoms with E-state index < -0.39 is 0 Å². The summed E-state index contributed by atoms with van der Waals surface area (Å²) in [6.07, 6.45) is 3.83. The van der Waals surface area contributed by atoms with Crippen molar-refractivity contribution in [3.63, 3.8) is 0 Å². The lowest BCUT2D eigenvalue weighted by molar-refractivity contribution is -0.125. The predicted octanol–water partition coefficient (Wildman–Crippen LogP) is 2.84. The van der Waals surface area contributed by atoms with Gasteiger partial charge in [-0.15, -0.1) is 0 Å². The molecular weight excluding hydrogens is 328 g/mol.